The van der Waals surface area contributed by atoms with Crippen molar-refractivity contribution in [3.05, 3.63) is 18.0 Å². The van der Waals surface area contributed by atoms with E-state index in [0.29, 0.717) is 24.6 Å². The number of carbonyl (C=O) groups is 1. The molecule has 9 heteroatoms. The molecule has 2 atom stereocenters. The Bertz CT molecular complexity index is 545. The van der Waals surface area contributed by atoms with Crippen LogP contribution in [-0.2, 0) is 22.2 Å². The Hall–Kier alpha value is -1.36. The molecule has 24 heavy (non-hydrogen) atoms. The highest BCUT2D eigenvalue weighted by Gasteiger charge is 2.24. The Kier molecular flexibility index (Phi) is 9.90. The van der Waals surface area contributed by atoms with Gasteiger partial charge >= 0.3 is 5.97 Å². The molecule has 0 radical (unpaired) electrons. The van der Waals surface area contributed by atoms with Crippen LogP contribution in [0.4, 0.5) is 0 Å². The van der Waals surface area contributed by atoms with Crippen LogP contribution in [-0.4, -0.2) is 53.6 Å². The van der Waals surface area contributed by atoms with Gasteiger partial charge in [-0.3, -0.25) is 9.48 Å². The third-order valence-electron chi connectivity index (χ3n) is 3.40. The van der Waals surface area contributed by atoms with Crippen molar-refractivity contribution in [1.82, 2.24) is 20.4 Å². The van der Waals surface area contributed by atoms with Gasteiger partial charge in [0.25, 0.3) is 0 Å². The summed E-state index contributed by atoms with van der Waals surface area (Å²) in [4.78, 5) is 15.8. The Morgan fingerprint density at radius 3 is 2.71 bits per heavy atom. The number of halogens is 1. The zero-order valence-corrected chi connectivity index (χ0v) is 17.2. The highest BCUT2D eigenvalue weighted by Crippen LogP contribution is 2.19. The van der Waals surface area contributed by atoms with Crippen LogP contribution >= 0.6 is 24.0 Å². The molecule has 1 aromatic rings. The van der Waals surface area contributed by atoms with E-state index in [4.69, 9.17) is 4.74 Å². The highest BCUT2D eigenvalue weighted by molar-refractivity contribution is 14.0. The van der Waals surface area contributed by atoms with Crippen molar-refractivity contribution in [2.24, 2.45) is 18.0 Å². The van der Waals surface area contributed by atoms with E-state index in [2.05, 4.69) is 20.7 Å². The number of ether oxygens (including phenoxy) is 1. The maximum atomic E-state index is 11.4. The lowest BCUT2D eigenvalue weighted by Crippen LogP contribution is -2.41. The van der Waals surface area contributed by atoms with Crippen LogP contribution in [0.1, 0.15) is 26.3 Å². The van der Waals surface area contributed by atoms with E-state index in [9.17, 15) is 9.90 Å². The third kappa shape index (κ3) is 7.04. The summed E-state index contributed by atoms with van der Waals surface area (Å²) in [5.41, 5.74) is -0.424. The van der Waals surface area contributed by atoms with Gasteiger partial charge in [-0.1, -0.05) is 6.92 Å². The van der Waals surface area contributed by atoms with Crippen molar-refractivity contribution in [3.63, 3.8) is 0 Å². The average Bonchev–Trinajstić information content (AvgIpc) is 2.96. The molecule has 3 N–H and O–H groups in total. The number of esters is 1. The molecule has 1 heterocycles. The zero-order chi connectivity index (χ0) is 17.5. The summed E-state index contributed by atoms with van der Waals surface area (Å²) in [5.74, 6) is -0.0363. The van der Waals surface area contributed by atoms with Gasteiger partial charge < -0.3 is 20.5 Å². The van der Waals surface area contributed by atoms with Crippen molar-refractivity contribution in [2.45, 2.75) is 26.4 Å². The first kappa shape index (κ1) is 22.6. The number of methoxy groups -OCH3 is 1. The number of rotatable bonds is 7. The second-order valence-electron chi connectivity index (χ2n) is 5.68. The quantitative estimate of drug-likeness (QED) is 0.242. The first-order chi connectivity index (χ1) is 10.8. The number of aromatic nitrogens is 2. The molecule has 0 aliphatic rings. The molecular weight excluding hydrogens is 425 g/mol. The van der Waals surface area contributed by atoms with Crippen molar-refractivity contribution in [3.8, 4) is 0 Å². The number of nitrogens with zero attached hydrogens (tertiary/aromatic N) is 3. The highest BCUT2D eigenvalue weighted by atomic mass is 127. The zero-order valence-electron chi connectivity index (χ0n) is 14.9. The molecule has 138 valence electrons. The molecular formula is C15H28IN5O3. The Balaban J connectivity index is 0.00000529. The van der Waals surface area contributed by atoms with Gasteiger partial charge in [0.2, 0.25) is 0 Å². The number of aliphatic imine (C=N–C) groups is 1. The lowest BCUT2D eigenvalue weighted by atomic mass is 10.0. The lowest BCUT2D eigenvalue weighted by Gasteiger charge is -2.21. The lowest BCUT2D eigenvalue weighted by molar-refractivity contribution is -0.144. The number of hydrogen-bond donors (Lipinski definition) is 3. The summed E-state index contributed by atoms with van der Waals surface area (Å²) in [6, 6.07) is 0. The molecule has 0 amide bonds. The fraction of sp³-hybridized carbons (Fsp3) is 0.667. The number of aliphatic hydroxyl groups is 1. The normalized spacial score (nSPS) is 15.0. The molecule has 0 fully saturated rings. The first-order valence-corrected chi connectivity index (χ1v) is 7.61. The SMILES string of the molecule is CCNC(=NCC(C)(O)c1cnn(C)c1)NCC(C)C(=O)OC.I. The van der Waals surface area contributed by atoms with Crippen molar-refractivity contribution in [2.75, 3.05) is 26.7 Å². The molecule has 0 aliphatic carbocycles. The number of hydrogen-bond acceptors (Lipinski definition) is 5. The predicted octanol–water partition coefficient (Wildman–Crippen LogP) is 0.610. The van der Waals surface area contributed by atoms with Crippen LogP contribution in [0, 0.1) is 5.92 Å². The number of carbonyl (C=O) groups excluding carboxylic acids is 1. The second kappa shape index (κ2) is 10.5. The summed E-state index contributed by atoms with van der Waals surface area (Å²) in [6.45, 7) is 6.64. The van der Waals surface area contributed by atoms with Crippen LogP contribution in [0.2, 0.25) is 0 Å². The van der Waals surface area contributed by atoms with Crippen molar-refractivity contribution >= 4 is 35.9 Å². The van der Waals surface area contributed by atoms with E-state index in [1.807, 2.05) is 6.92 Å². The maximum absolute atomic E-state index is 11.4. The summed E-state index contributed by atoms with van der Waals surface area (Å²) in [5, 5.41) is 20.7. The number of aryl methyl sites for hydroxylation is 1. The second-order valence-corrected chi connectivity index (χ2v) is 5.68. The third-order valence-corrected chi connectivity index (χ3v) is 3.40. The van der Waals surface area contributed by atoms with Gasteiger partial charge in [-0.15, -0.1) is 24.0 Å². The molecule has 0 saturated heterocycles. The molecule has 8 nitrogen and oxygen atoms in total. The fourth-order valence-electron chi connectivity index (χ4n) is 1.90. The Labute approximate surface area is 160 Å². The monoisotopic (exact) mass is 453 g/mol. The Morgan fingerprint density at radius 2 is 2.21 bits per heavy atom. The van der Waals surface area contributed by atoms with E-state index in [0.717, 1.165) is 0 Å². The summed E-state index contributed by atoms with van der Waals surface area (Å²) < 4.78 is 6.32. The van der Waals surface area contributed by atoms with E-state index in [-0.39, 0.29) is 42.4 Å². The van der Waals surface area contributed by atoms with Gasteiger partial charge in [-0.25, -0.2) is 4.99 Å². The summed E-state index contributed by atoms with van der Waals surface area (Å²) >= 11 is 0. The predicted molar refractivity (Wildman–Crippen MR) is 103 cm³/mol. The van der Waals surface area contributed by atoms with Gasteiger partial charge in [-0.05, 0) is 13.8 Å². The molecule has 0 saturated carbocycles. The standard InChI is InChI=1S/C15H27N5O3.HI/c1-6-16-14(17-7-11(2)13(21)23-5)18-10-15(3,22)12-8-19-20(4)9-12;/h8-9,11,22H,6-7,10H2,1-5H3,(H2,16,17,18);1H. The molecule has 0 aromatic carbocycles. The van der Waals surface area contributed by atoms with E-state index in [1.54, 1.807) is 38.0 Å². The number of nitrogens with one attached hydrogen (secondary N) is 2. The Morgan fingerprint density at radius 1 is 1.54 bits per heavy atom. The fourth-order valence-corrected chi connectivity index (χ4v) is 1.90. The van der Waals surface area contributed by atoms with Gasteiger partial charge in [0, 0.05) is 31.9 Å². The van der Waals surface area contributed by atoms with Crippen molar-refractivity contribution in [1.29, 1.82) is 0 Å². The summed E-state index contributed by atoms with van der Waals surface area (Å²) in [6.07, 6.45) is 3.38. The molecule has 0 bridgehead atoms. The van der Waals surface area contributed by atoms with Crippen LogP contribution in [0.15, 0.2) is 17.4 Å². The minimum atomic E-state index is -1.12. The molecule has 1 aromatic heterocycles. The molecule has 0 spiro atoms. The first-order valence-electron chi connectivity index (χ1n) is 7.61. The minimum Gasteiger partial charge on any atom is -0.469 e. The van der Waals surface area contributed by atoms with E-state index in [1.165, 1.54) is 7.11 Å². The largest absolute Gasteiger partial charge is 0.469 e. The van der Waals surface area contributed by atoms with Crippen LogP contribution < -0.4 is 10.6 Å². The van der Waals surface area contributed by atoms with Gasteiger partial charge in [-0.2, -0.15) is 5.10 Å². The van der Waals surface area contributed by atoms with Gasteiger partial charge in [0.15, 0.2) is 5.96 Å². The molecule has 1 rings (SSSR count). The van der Waals surface area contributed by atoms with Crippen molar-refractivity contribution < 1.29 is 14.6 Å². The molecule has 2 unspecified atom stereocenters. The van der Waals surface area contributed by atoms with Gasteiger partial charge in [0.1, 0.15) is 5.60 Å². The number of guanidine groups is 1. The summed E-state index contributed by atoms with van der Waals surface area (Å²) in [7, 11) is 3.16. The van der Waals surface area contributed by atoms with E-state index < -0.39 is 5.60 Å². The minimum absolute atomic E-state index is 0. The maximum Gasteiger partial charge on any atom is 0.310 e. The van der Waals surface area contributed by atoms with Crippen LogP contribution in [0.3, 0.4) is 0 Å². The molecule has 0 aliphatic heterocycles. The van der Waals surface area contributed by atoms with Gasteiger partial charge in [0.05, 0.1) is 25.8 Å². The van der Waals surface area contributed by atoms with Crippen LogP contribution in [0.25, 0.3) is 0 Å². The van der Waals surface area contributed by atoms with Crippen LogP contribution in [0.5, 0.6) is 0 Å². The topological polar surface area (TPSA) is 101 Å². The smallest absolute Gasteiger partial charge is 0.310 e. The van der Waals surface area contributed by atoms with E-state index >= 15 is 0 Å². The average molecular weight is 453 g/mol.